The fraction of sp³-hybridized carbons (Fsp3) is 0.0952. The van der Waals surface area contributed by atoms with E-state index in [-0.39, 0.29) is 11.8 Å². The Labute approximate surface area is 270 Å². The van der Waals surface area contributed by atoms with E-state index in [1.54, 1.807) is 12.2 Å². The third-order valence-electron chi connectivity index (χ3n) is 8.15. The maximum Gasteiger partial charge on any atom is 0.246 e. The number of nitrogens with zero attached hydrogens (tertiary/aromatic N) is 2. The molecular weight excluding hydrogens is 564 g/mol. The molecule has 0 aliphatic heterocycles. The first-order chi connectivity index (χ1) is 22.6. The summed E-state index contributed by atoms with van der Waals surface area (Å²) in [5.74, 6) is -0.203. The second-order valence-corrected chi connectivity index (χ2v) is 11.3. The van der Waals surface area contributed by atoms with Gasteiger partial charge in [-0.1, -0.05) is 146 Å². The summed E-state index contributed by atoms with van der Waals surface area (Å²) in [5.41, 5.74) is 4.05. The number of rotatable bonds is 11. The molecule has 6 rings (SSSR count). The normalized spacial score (nSPS) is 11.4. The molecule has 0 unspecified atom stereocenters. The van der Waals surface area contributed by atoms with Gasteiger partial charge in [0.15, 0.2) is 0 Å². The monoisotopic (exact) mass is 600 g/mol. The predicted octanol–water partition coefficient (Wildman–Crippen LogP) is 8.78. The summed E-state index contributed by atoms with van der Waals surface area (Å²) in [6.07, 6.45) is 7.08. The van der Waals surface area contributed by atoms with Gasteiger partial charge in [-0.2, -0.15) is 0 Å². The molecule has 0 atom stereocenters. The highest BCUT2D eigenvalue weighted by Crippen LogP contribution is 2.21. The molecule has 4 nitrogen and oxygen atoms in total. The molecule has 46 heavy (non-hydrogen) atoms. The summed E-state index contributed by atoms with van der Waals surface area (Å²) < 4.78 is 0. The molecule has 0 aliphatic carbocycles. The van der Waals surface area contributed by atoms with Crippen LogP contribution in [0.1, 0.15) is 22.3 Å². The standard InChI is InChI=1S/C42H36N2O2/c45-41(27-25-37-21-11-19-35-17-7-9-23-39(35)37)43(31-33-13-3-1-4-14-33)29-30-44(32-34-15-5-2-6-16-34)42(46)28-26-38-22-12-20-36-18-8-10-24-40(36)38/h1-28H,29-32H2. The van der Waals surface area contributed by atoms with Crippen LogP contribution in [0, 0.1) is 0 Å². The van der Waals surface area contributed by atoms with Crippen molar-refractivity contribution in [3.05, 3.63) is 180 Å². The second-order valence-electron chi connectivity index (χ2n) is 11.3. The minimum Gasteiger partial charge on any atom is -0.333 e. The Morgan fingerprint density at radius 2 is 0.804 bits per heavy atom. The third kappa shape index (κ3) is 7.66. The third-order valence-corrected chi connectivity index (χ3v) is 8.15. The molecule has 6 aromatic carbocycles. The van der Waals surface area contributed by atoms with E-state index in [2.05, 4.69) is 36.4 Å². The van der Waals surface area contributed by atoms with Gasteiger partial charge in [0, 0.05) is 38.3 Å². The maximum absolute atomic E-state index is 13.8. The van der Waals surface area contributed by atoms with Crippen molar-refractivity contribution in [3.8, 4) is 0 Å². The average molecular weight is 601 g/mol. The maximum atomic E-state index is 13.8. The van der Waals surface area contributed by atoms with Crippen LogP contribution in [0.2, 0.25) is 0 Å². The molecule has 0 bridgehead atoms. The lowest BCUT2D eigenvalue weighted by Gasteiger charge is -2.27. The van der Waals surface area contributed by atoms with E-state index in [0.717, 1.165) is 43.8 Å². The van der Waals surface area contributed by atoms with Crippen LogP contribution in [-0.2, 0) is 22.7 Å². The van der Waals surface area contributed by atoms with Gasteiger partial charge in [0.25, 0.3) is 0 Å². The number of hydrogen-bond donors (Lipinski definition) is 0. The summed E-state index contributed by atoms with van der Waals surface area (Å²) in [6, 6.07) is 48.5. The van der Waals surface area contributed by atoms with Crippen LogP contribution in [0.25, 0.3) is 33.7 Å². The highest BCUT2D eigenvalue weighted by atomic mass is 16.2. The molecule has 0 N–H and O–H groups in total. The predicted molar refractivity (Wildman–Crippen MR) is 190 cm³/mol. The zero-order chi connectivity index (χ0) is 31.6. The smallest absolute Gasteiger partial charge is 0.246 e. The van der Waals surface area contributed by atoms with Crippen LogP contribution in [-0.4, -0.2) is 34.7 Å². The first kappa shape index (κ1) is 30.3. The van der Waals surface area contributed by atoms with Crippen LogP contribution in [0.4, 0.5) is 0 Å². The summed E-state index contributed by atoms with van der Waals surface area (Å²) in [4.78, 5) is 31.1. The first-order valence-electron chi connectivity index (χ1n) is 15.6. The van der Waals surface area contributed by atoms with E-state index in [0.29, 0.717) is 26.2 Å². The van der Waals surface area contributed by atoms with Crippen molar-refractivity contribution < 1.29 is 9.59 Å². The molecule has 0 radical (unpaired) electrons. The number of amides is 2. The van der Waals surface area contributed by atoms with Crippen LogP contribution >= 0.6 is 0 Å². The van der Waals surface area contributed by atoms with Gasteiger partial charge in [0.2, 0.25) is 11.8 Å². The van der Waals surface area contributed by atoms with E-state index < -0.39 is 0 Å². The number of carbonyl (C=O) groups is 2. The largest absolute Gasteiger partial charge is 0.333 e. The molecule has 0 aromatic heterocycles. The molecular formula is C42H36N2O2. The van der Waals surface area contributed by atoms with E-state index in [1.807, 2.05) is 131 Å². The summed E-state index contributed by atoms with van der Waals surface area (Å²) in [6.45, 7) is 1.65. The lowest BCUT2D eigenvalue weighted by Crippen LogP contribution is -2.39. The summed E-state index contributed by atoms with van der Waals surface area (Å²) in [7, 11) is 0. The number of carbonyl (C=O) groups excluding carboxylic acids is 2. The van der Waals surface area contributed by atoms with E-state index in [9.17, 15) is 9.59 Å². The minimum atomic E-state index is -0.102. The molecule has 0 fully saturated rings. The molecule has 0 saturated heterocycles. The molecule has 2 amide bonds. The number of fused-ring (bicyclic) bond motifs is 2. The Balaban J connectivity index is 1.24. The first-order valence-corrected chi connectivity index (χ1v) is 15.6. The Kier molecular flexibility index (Phi) is 9.76. The summed E-state index contributed by atoms with van der Waals surface area (Å²) >= 11 is 0. The number of benzene rings is 6. The molecule has 226 valence electrons. The highest BCUT2D eigenvalue weighted by molar-refractivity contribution is 5.98. The van der Waals surface area contributed by atoms with Crippen molar-refractivity contribution in [2.75, 3.05) is 13.1 Å². The fourth-order valence-electron chi connectivity index (χ4n) is 5.71. The Morgan fingerprint density at radius 1 is 0.435 bits per heavy atom. The van der Waals surface area contributed by atoms with Crippen LogP contribution < -0.4 is 0 Å². The Morgan fingerprint density at radius 3 is 1.24 bits per heavy atom. The van der Waals surface area contributed by atoms with Crippen molar-refractivity contribution in [2.24, 2.45) is 0 Å². The van der Waals surface area contributed by atoms with Crippen molar-refractivity contribution in [3.63, 3.8) is 0 Å². The second kappa shape index (κ2) is 14.8. The molecule has 4 heteroatoms. The molecule has 0 heterocycles. The van der Waals surface area contributed by atoms with E-state index >= 15 is 0 Å². The zero-order valence-corrected chi connectivity index (χ0v) is 25.7. The van der Waals surface area contributed by atoms with Crippen LogP contribution in [0.15, 0.2) is 158 Å². The lowest BCUT2D eigenvalue weighted by molar-refractivity contribution is -0.130. The van der Waals surface area contributed by atoms with Gasteiger partial charge >= 0.3 is 0 Å². The van der Waals surface area contributed by atoms with Crippen molar-refractivity contribution in [1.82, 2.24) is 9.80 Å². The molecule has 0 spiro atoms. The molecule has 0 aliphatic rings. The molecule has 6 aromatic rings. The summed E-state index contributed by atoms with van der Waals surface area (Å²) in [5, 5.41) is 4.46. The van der Waals surface area contributed by atoms with Crippen molar-refractivity contribution >= 4 is 45.5 Å². The van der Waals surface area contributed by atoms with Gasteiger partial charge in [0.05, 0.1) is 0 Å². The fourth-order valence-corrected chi connectivity index (χ4v) is 5.71. The van der Waals surface area contributed by atoms with Gasteiger partial charge in [-0.25, -0.2) is 0 Å². The average Bonchev–Trinajstić information content (AvgIpc) is 3.11. The van der Waals surface area contributed by atoms with E-state index in [1.165, 1.54) is 0 Å². The highest BCUT2D eigenvalue weighted by Gasteiger charge is 2.17. The number of hydrogen-bond acceptors (Lipinski definition) is 2. The van der Waals surface area contributed by atoms with Gasteiger partial charge < -0.3 is 9.80 Å². The molecule has 0 saturated carbocycles. The van der Waals surface area contributed by atoms with Crippen molar-refractivity contribution in [2.45, 2.75) is 13.1 Å². The minimum absolute atomic E-state index is 0.102. The SMILES string of the molecule is O=C(C=Cc1cccc2ccccc12)N(CCN(Cc1ccccc1)C(=O)C=Cc1cccc2ccccc12)Cc1ccccc1. The van der Waals surface area contributed by atoms with Gasteiger partial charge in [-0.15, -0.1) is 0 Å². The lowest BCUT2D eigenvalue weighted by atomic mass is 10.0. The van der Waals surface area contributed by atoms with Gasteiger partial charge in [-0.3, -0.25) is 9.59 Å². The topological polar surface area (TPSA) is 40.6 Å². The van der Waals surface area contributed by atoms with Crippen molar-refractivity contribution in [1.29, 1.82) is 0 Å². The zero-order valence-electron chi connectivity index (χ0n) is 25.7. The Bertz CT molecular complexity index is 1840. The quantitative estimate of drug-likeness (QED) is 0.140. The Hall–Kier alpha value is -5.74. The van der Waals surface area contributed by atoms with Crippen LogP contribution in [0.3, 0.4) is 0 Å². The van der Waals surface area contributed by atoms with Gasteiger partial charge in [0.1, 0.15) is 0 Å². The van der Waals surface area contributed by atoms with Crippen LogP contribution in [0.5, 0.6) is 0 Å². The van der Waals surface area contributed by atoms with Gasteiger partial charge in [-0.05, 0) is 56.0 Å². The van der Waals surface area contributed by atoms with E-state index in [4.69, 9.17) is 0 Å².